The average molecular weight is 491 g/mol. The van der Waals surface area contributed by atoms with Crippen LogP contribution in [0.1, 0.15) is 23.7 Å². The molecule has 0 radical (unpaired) electrons. The van der Waals surface area contributed by atoms with E-state index in [-0.39, 0.29) is 23.9 Å². The highest BCUT2D eigenvalue weighted by Crippen LogP contribution is 2.30. The Labute approximate surface area is 204 Å². The SMILES string of the molecule is CCOc1ccc(S(=O)(=O)N2Cc3ccccc3C[C@H]2C(=O)NCc2cn3ccccc3n2)cc1. The number of rotatable bonds is 7. The van der Waals surface area contributed by atoms with Crippen LogP contribution in [0.25, 0.3) is 5.65 Å². The van der Waals surface area contributed by atoms with Gasteiger partial charge in [-0.3, -0.25) is 4.79 Å². The van der Waals surface area contributed by atoms with Crippen molar-refractivity contribution in [2.45, 2.75) is 37.4 Å². The Kier molecular flexibility index (Phi) is 6.27. The van der Waals surface area contributed by atoms with Crippen LogP contribution in [-0.2, 0) is 34.3 Å². The van der Waals surface area contributed by atoms with Gasteiger partial charge >= 0.3 is 0 Å². The number of aromatic nitrogens is 2. The molecule has 1 aliphatic heterocycles. The summed E-state index contributed by atoms with van der Waals surface area (Å²) in [6, 6.07) is 18.7. The summed E-state index contributed by atoms with van der Waals surface area (Å²) in [5.74, 6) is 0.239. The zero-order valence-electron chi connectivity index (χ0n) is 19.3. The van der Waals surface area contributed by atoms with Crippen LogP contribution in [0, 0.1) is 0 Å². The molecule has 2 aromatic heterocycles. The lowest BCUT2D eigenvalue weighted by molar-refractivity contribution is -0.125. The molecule has 0 bridgehead atoms. The van der Waals surface area contributed by atoms with Crippen LogP contribution in [0.5, 0.6) is 5.75 Å². The van der Waals surface area contributed by atoms with Crippen LogP contribution >= 0.6 is 0 Å². The summed E-state index contributed by atoms with van der Waals surface area (Å²) < 4.78 is 35.9. The number of nitrogens with one attached hydrogen (secondary N) is 1. The van der Waals surface area contributed by atoms with Gasteiger partial charge in [-0.1, -0.05) is 30.3 Å². The van der Waals surface area contributed by atoms with E-state index in [9.17, 15) is 13.2 Å². The van der Waals surface area contributed by atoms with Crippen LogP contribution < -0.4 is 10.1 Å². The number of hydrogen-bond acceptors (Lipinski definition) is 5. The van der Waals surface area contributed by atoms with Crippen LogP contribution in [0.15, 0.2) is 84.0 Å². The van der Waals surface area contributed by atoms with E-state index < -0.39 is 16.1 Å². The molecule has 0 saturated carbocycles. The van der Waals surface area contributed by atoms with E-state index in [0.717, 1.165) is 16.8 Å². The number of benzene rings is 2. The third-order valence-electron chi connectivity index (χ3n) is 6.11. The van der Waals surface area contributed by atoms with Gasteiger partial charge in [0.1, 0.15) is 17.4 Å². The minimum Gasteiger partial charge on any atom is -0.494 e. The van der Waals surface area contributed by atoms with Gasteiger partial charge in [0.25, 0.3) is 0 Å². The molecule has 4 aromatic rings. The molecular weight excluding hydrogens is 464 g/mol. The highest BCUT2D eigenvalue weighted by atomic mass is 32.2. The summed E-state index contributed by atoms with van der Waals surface area (Å²) in [6.45, 7) is 2.68. The largest absolute Gasteiger partial charge is 0.494 e. The fourth-order valence-corrected chi connectivity index (χ4v) is 5.92. The lowest BCUT2D eigenvalue weighted by Crippen LogP contribution is -2.52. The molecule has 0 spiro atoms. The zero-order valence-corrected chi connectivity index (χ0v) is 20.1. The zero-order chi connectivity index (χ0) is 24.4. The van der Waals surface area contributed by atoms with Crippen molar-refractivity contribution in [2.75, 3.05) is 6.61 Å². The van der Waals surface area contributed by atoms with Crippen LogP contribution in [0.3, 0.4) is 0 Å². The molecule has 35 heavy (non-hydrogen) atoms. The highest BCUT2D eigenvalue weighted by Gasteiger charge is 2.39. The summed E-state index contributed by atoms with van der Waals surface area (Å²) in [5, 5.41) is 2.90. The highest BCUT2D eigenvalue weighted by molar-refractivity contribution is 7.89. The predicted molar refractivity (Wildman–Crippen MR) is 131 cm³/mol. The Morgan fingerprint density at radius 3 is 2.54 bits per heavy atom. The van der Waals surface area contributed by atoms with Gasteiger partial charge in [0.15, 0.2) is 0 Å². The fourth-order valence-electron chi connectivity index (χ4n) is 4.35. The smallest absolute Gasteiger partial charge is 0.244 e. The first-order chi connectivity index (χ1) is 17.0. The van der Waals surface area contributed by atoms with Gasteiger partial charge in [0, 0.05) is 18.9 Å². The van der Waals surface area contributed by atoms with Crippen LogP contribution in [0.2, 0.25) is 0 Å². The second-order valence-corrected chi connectivity index (χ2v) is 10.3. The number of pyridine rings is 1. The topological polar surface area (TPSA) is 93.0 Å². The maximum absolute atomic E-state index is 13.7. The third-order valence-corrected chi connectivity index (χ3v) is 7.98. The lowest BCUT2D eigenvalue weighted by atomic mass is 9.95. The molecule has 0 saturated heterocycles. The third kappa shape index (κ3) is 4.65. The van der Waals surface area contributed by atoms with Gasteiger partial charge < -0.3 is 14.5 Å². The molecule has 1 amide bonds. The van der Waals surface area contributed by atoms with Gasteiger partial charge in [0.05, 0.1) is 23.7 Å². The fraction of sp³-hybridized carbons (Fsp3) is 0.231. The van der Waals surface area contributed by atoms with Crippen LogP contribution in [-0.4, -0.2) is 40.7 Å². The standard InChI is InChI=1S/C26H26N4O4S/c1-2-34-22-10-12-23(13-11-22)35(32,33)30-17-20-8-4-3-7-19(20)15-24(30)26(31)27-16-21-18-29-14-6-5-9-25(29)28-21/h3-14,18,24H,2,15-17H2,1H3,(H,27,31)/t24-/m0/s1. The first kappa shape index (κ1) is 23.1. The molecule has 1 N–H and O–H groups in total. The number of ether oxygens (including phenoxy) is 1. The van der Waals surface area contributed by atoms with Gasteiger partial charge in [0.2, 0.25) is 15.9 Å². The monoisotopic (exact) mass is 490 g/mol. The van der Waals surface area contributed by atoms with E-state index in [1.165, 1.54) is 16.4 Å². The van der Waals surface area contributed by atoms with E-state index >= 15 is 0 Å². The molecule has 1 aliphatic rings. The summed E-state index contributed by atoms with van der Waals surface area (Å²) in [6.07, 6.45) is 4.03. The predicted octanol–water partition coefficient (Wildman–Crippen LogP) is 3.17. The first-order valence-electron chi connectivity index (χ1n) is 11.5. The number of imidazole rings is 1. The van der Waals surface area contributed by atoms with E-state index in [0.29, 0.717) is 24.5 Å². The summed E-state index contributed by atoms with van der Waals surface area (Å²) >= 11 is 0. The molecular formula is C26H26N4O4S. The number of fused-ring (bicyclic) bond motifs is 2. The number of carbonyl (C=O) groups excluding carboxylic acids is 1. The molecule has 8 nitrogen and oxygen atoms in total. The first-order valence-corrected chi connectivity index (χ1v) is 12.9. The van der Waals surface area contributed by atoms with E-state index in [1.807, 2.05) is 66.2 Å². The number of sulfonamides is 1. The minimum atomic E-state index is -3.94. The van der Waals surface area contributed by atoms with Gasteiger partial charge in [-0.05, 0) is 60.9 Å². The molecule has 0 unspecified atom stereocenters. The lowest BCUT2D eigenvalue weighted by Gasteiger charge is -2.35. The summed E-state index contributed by atoms with van der Waals surface area (Å²) in [7, 11) is -3.94. The van der Waals surface area contributed by atoms with Crippen molar-refractivity contribution in [1.82, 2.24) is 19.0 Å². The molecule has 2 aromatic carbocycles. The molecule has 180 valence electrons. The van der Waals surface area contributed by atoms with Crippen molar-refractivity contribution < 1.29 is 17.9 Å². The van der Waals surface area contributed by atoms with Crippen molar-refractivity contribution in [3.05, 3.63) is 95.9 Å². The Balaban J connectivity index is 1.41. The second kappa shape index (κ2) is 9.52. The van der Waals surface area contributed by atoms with Gasteiger partial charge in [-0.15, -0.1) is 0 Å². The Hall–Kier alpha value is -3.69. The quantitative estimate of drug-likeness (QED) is 0.430. The summed E-state index contributed by atoms with van der Waals surface area (Å²) in [5.41, 5.74) is 3.34. The van der Waals surface area contributed by atoms with Crippen molar-refractivity contribution in [3.63, 3.8) is 0 Å². The van der Waals surface area contributed by atoms with E-state index in [1.54, 1.807) is 12.1 Å². The van der Waals surface area contributed by atoms with Crippen molar-refractivity contribution in [1.29, 1.82) is 0 Å². The summed E-state index contributed by atoms with van der Waals surface area (Å²) in [4.78, 5) is 18.0. The second-order valence-electron chi connectivity index (χ2n) is 8.36. The van der Waals surface area contributed by atoms with Crippen LogP contribution in [0.4, 0.5) is 0 Å². The van der Waals surface area contributed by atoms with Gasteiger partial charge in [-0.2, -0.15) is 4.31 Å². The molecule has 9 heteroatoms. The van der Waals surface area contributed by atoms with E-state index in [2.05, 4.69) is 10.3 Å². The van der Waals surface area contributed by atoms with Crippen molar-refractivity contribution in [3.8, 4) is 5.75 Å². The normalized spacial score (nSPS) is 16.1. The maximum Gasteiger partial charge on any atom is 0.244 e. The number of hydrogen-bond donors (Lipinski definition) is 1. The average Bonchev–Trinajstić information content (AvgIpc) is 3.30. The minimum absolute atomic E-state index is 0.123. The number of amides is 1. The molecule has 0 aliphatic carbocycles. The molecule has 5 rings (SSSR count). The molecule has 0 fully saturated rings. The Morgan fingerprint density at radius 1 is 1.06 bits per heavy atom. The maximum atomic E-state index is 13.7. The Morgan fingerprint density at radius 2 is 1.80 bits per heavy atom. The number of carbonyl (C=O) groups is 1. The number of nitrogens with zero attached hydrogens (tertiary/aromatic N) is 3. The molecule has 1 atom stereocenters. The molecule has 3 heterocycles. The van der Waals surface area contributed by atoms with Crippen molar-refractivity contribution in [2.24, 2.45) is 0 Å². The van der Waals surface area contributed by atoms with Gasteiger partial charge in [-0.25, -0.2) is 13.4 Å². The van der Waals surface area contributed by atoms with Crippen molar-refractivity contribution >= 4 is 21.6 Å². The Bertz CT molecular complexity index is 1430. The van der Waals surface area contributed by atoms with E-state index in [4.69, 9.17) is 4.74 Å².